The number of fused-ring (bicyclic) bond motifs is 2. The smallest absolute Gasteiger partial charge is 0.316 e. The highest BCUT2D eigenvalue weighted by atomic mass is 35.5. The van der Waals surface area contributed by atoms with Gasteiger partial charge in [-0.2, -0.15) is 0 Å². The van der Waals surface area contributed by atoms with E-state index in [1.807, 2.05) is 30.3 Å². The van der Waals surface area contributed by atoms with Crippen LogP contribution in [0.25, 0.3) is 0 Å². The lowest BCUT2D eigenvalue weighted by molar-refractivity contribution is 0.221. The summed E-state index contributed by atoms with van der Waals surface area (Å²) < 4.78 is 0. The third-order valence-corrected chi connectivity index (χ3v) is 8.96. The van der Waals surface area contributed by atoms with Gasteiger partial charge in [0.2, 0.25) is 0 Å². The summed E-state index contributed by atoms with van der Waals surface area (Å²) in [5, 5.41) is 4.89. The number of benzene rings is 2. The van der Waals surface area contributed by atoms with Gasteiger partial charge in [-0.1, -0.05) is 59.6 Å². The summed E-state index contributed by atoms with van der Waals surface area (Å²) in [6.07, 6.45) is 0. The standard InChI is InChI=1S/C14H16Cl2N2O.C13H17ClN2/c15-13-4-2-1-3-10(13)5-17-6-11-8-18(14(16)19)9-12(11)7-17;14-13-4-2-1-3-10(13)7-16-8-11-5-15-6-12(11)9-16/h1-4,11-12H,5-9H2;1-4,11-12,15H,5-9H2. The maximum absolute atomic E-state index is 11.2. The normalized spacial score (nSPS) is 28.0. The van der Waals surface area contributed by atoms with E-state index in [1.54, 1.807) is 4.90 Å². The van der Waals surface area contributed by atoms with Crippen LogP contribution in [-0.2, 0) is 13.1 Å². The molecule has 0 aliphatic carbocycles. The molecule has 4 saturated heterocycles. The molecule has 35 heavy (non-hydrogen) atoms. The molecule has 8 heteroatoms. The van der Waals surface area contributed by atoms with E-state index in [2.05, 4.69) is 33.3 Å². The highest BCUT2D eigenvalue weighted by Gasteiger charge is 2.41. The Labute approximate surface area is 223 Å². The highest BCUT2D eigenvalue weighted by Crippen LogP contribution is 2.33. The van der Waals surface area contributed by atoms with Crippen LogP contribution in [0.3, 0.4) is 0 Å². The molecule has 0 aromatic heterocycles. The monoisotopic (exact) mass is 534 g/mol. The Morgan fingerprint density at radius 1 is 0.714 bits per heavy atom. The number of nitrogens with zero attached hydrogens (tertiary/aromatic N) is 3. The molecule has 5 nitrogen and oxygen atoms in total. The van der Waals surface area contributed by atoms with Crippen LogP contribution >= 0.6 is 34.8 Å². The van der Waals surface area contributed by atoms with E-state index >= 15 is 0 Å². The van der Waals surface area contributed by atoms with Gasteiger partial charge in [-0.15, -0.1) is 0 Å². The van der Waals surface area contributed by atoms with Gasteiger partial charge in [0, 0.05) is 62.4 Å². The van der Waals surface area contributed by atoms with Gasteiger partial charge in [-0.3, -0.25) is 14.6 Å². The number of hydrogen-bond acceptors (Lipinski definition) is 4. The van der Waals surface area contributed by atoms with Crippen LogP contribution in [0, 0.1) is 23.7 Å². The molecule has 4 heterocycles. The van der Waals surface area contributed by atoms with Crippen molar-refractivity contribution in [3.05, 3.63) is 69.7 Å². The first-order valence-electron chi connectivity index (χ1n) is 12.5. The first-order valence-corrected chi connectivity index (χ1v) is 13.7. The van der Waals surface area contributed by atoms with Gasteiger partial charge in [0.1, 0.15) is 0 Å². The average Bonchev–Trinajstić information content (AvgIpc) is 3.58. The topological polar surface area (TPSA) is 38.8 Å². The van der Waals surface area contributed by atoms with E-state index in [0.717, 1.165) is 61.1 Å². The van der Waals surface area contributed by atoms with Crippen molar-refractivity contribution in [2.45, 2.75) is 13.1 Å². The molecule has 188 valence electrons. The number of halogens is 3. The van der Waals surface area contributed by atoms with Gasteiger partial charge in [-0.05, 0) is 71.6 Å². The van der Waals surface area contributed by atoms with Crippen LogP contribution in [0.1, 0.15) is 11.1 Å². The molecule has 2 aromatic carbocycles. The maximum Gasteiger partial charge on any atom is 0.316 e. The fourth-order valence-electron chi connectivity index (χ4n) is 6.18. The number of likely N-dealkylation sites (tertiary alicyclic amines) is 3. The summed E-state index contributed by atoms with van der Waals surface area (Å²) in [7, 11) is 0. The molecule has 4 fully saturated rings. The molecule has 0 spiro atoms. The lowest BCUT2D eigenvalue weighted by Crippen LogP contribution is -2.30. The molecule has 6 rings (SSSR count). The molecule has 1 amide bonds. The number of carbonyl (C=O) groups is 1. The Hall–Kier alpha value is -1.34. The molecule has 1 N–H and O–H groups in total. The second-order valence-electron chi connectivity index (χ2n) is 10.4. The van der Waals surface area contributed by atoms with E-state index in [0.29, 0.717) is 11.8 Å². The van der Waals surface area contributed by atoms with Gasteiger partial charge in [0.15, 0.2) is 0 Å². The average molecular weight is 536 g/mol. The number of nitrogens with one attached hydrogen (secondary N) is 1. The second kappa shape index (κ2) is 11.4. The largest absolute Gasteiger partial charge is 0.329 e. The first kappa shape index (κ1) is 25.3. The zero-order chi connectivity index (χ0) is 24.4. The van der Waals surface area contributed by atoms with Gasteiger partial charge in [-0.25, -0.2) is 0 Å². The Balaban J connectivity index is 0.000000147. The zero-order valence-corrected chi connectivity index (χ0v) is 22.2. The third kappa shape index (κ3) is 6.15. The van der Waals surface area contributed by atoms with Crippen molar-refractivity contribution in [3.8, 4) is 0 Å². The Morgan fingerprint density at radius 3 is 1.57 bits per heavy atom. The minimum Gasteiger partial charge on any atom is -0.329 e. The van der Waals surface area contributed by atoms with Crippen molar-refractivity contribution >= 4 is 40.2 Å². The van der Waals surface area contributed by atoms with Gasteiger partial charge < -0.3 is 10.2 Å². The quantitative estimate of drug-likeness (QED) is 0.439. The third-order valence-electron chi connectivity index (χ3n) is 7.98. The van der Waals surface area contributed by atoms with Crippen molar-refractivity contribution in [3.63, 3.8) is 0 Å². The number of hydrogen-bond donors (Lipinski definition) is 1. The van der Waals surface area contributed by atoms with Crippen LogP contribution in [0.2, 0.25) is 10.0 Å². The van der Waals surface area contributed by atoms with Gasteiger partial charge in [0.05, 0.1) is 0 Å². The number of carbonyl (C=O) groups excluding carboxylic acids is 1. The van der Waals surface area contributed by atoms with E-state index < -0.39 is 0 Å². The summed E-state index contributed by atoms with van der Waals surface area (Å²) in [6.45, 7) is 10.4. The summed E-state index contributed by atoms with van der Waals surface area (Å²) >= 11 is 17.9. The Kier molecular flexibility index (Phi) is 8.22. The van der Waals surface area contributed by atoms with Crippen LogP contribution in [0.5, 0.6) is 0 Å². The van der Waals surface area contributed by atoms with Crippen molar-refractivity contribution in [1.82, 2.24) is 20.0 Å². The summed E-state index contributed by atoms with van der Waals surface area (Å²) in [5.74, 6) is 2.85. The molecule has 2 aromatic rings. The number of amides is 1. The van der Waals surface area contributed by atoms with E-state index in [-0.39, 0.29) is 5.37 Å². The maximum atomic E-state index is 11.2. The van der Waals surface area contributed by atoms with Crippen molar-refractivity contribution in [2.24, 2.45) is 23.7 Å². The fourth-order valence-corrected chi connectivity index (χ4v) is 6.71. The SMILES string of the molecule is Clc1ccccc1CN1CC2CNCC2C1.O=C(Cl)N1CC2CN(Cc3ccccc3Cl)CC2C1. The molecular weight excluding hydrogens is 503 g/mol. The van der Waals surface area contributed by atoms with Crippen molar-refractivity contribution < 1.29 is 4.79 Å². The molecular formula is C27H33Cl3N4O. The van der Waals surface area contributed by atoms with E-state index in [1.165, 1.54) is 37.3 Å². The predicted octanol–water partition coefficient (Wildman–Crippen LogP) is 5.05. The van der Waals surface area contributed by atoms with Crippen LogP contribution in [0.15, 0.2) is 48.5 Å². The molecule has 4 aliphatic rings. The summed E-state index contributed by atoms with van der Waals surface area (Å²) in [4.78, 5) is 17.9. The molecule has 4 unspecified atom stereocenters. The Morgan fingerprint density at radius 2 is 1.14 bits per heavy atom. The fraction of sp³-hybridized carbons (Fsp3) is 0.519. The van der Waals surface area contributed by atoms with Crippen molar-refractivity contribution in [2.75, 3.05) is 52.4 Å². The lowest BCUT2D eigenvalue weighted by Gasteiger charge is -2.20. The first-order chi connectivity index (χ1) is 17.0. The minimum atomic E-state index is -0.313. The molecule has 0 radical (unpaired) electrons. The van der Waals surface area contributed by atoms with Gasteiger partial charge >= 0.3 is 5.37 Å². The van der Waals surface area contributed by atoms with Crippen LogP contribution in [0.4, 0.5) is 4.79 Å². The molecule has 0 saturated carbocycles. The number of rotatable bonds is 4. The second-order valence-corrected chi connectivity index (χ2v) is 11.6. The molecule has 4 aliphatic heterocycles. The Bertz CT molecular complexity index is 1010. The van der Waals surface area contributed by atoms with Gasteiger partial charge in [0.25, 0.3) is 0 Å². The van der Waals surface area contributed by atoms with Crippen molar-refractivity contribution in [1.29, 1.82) is 0 Å². The van der Waals surface area contributed by atoms with Crippen LogP contribution < -0.4 is 5.32 Å². The van der Waals surface area contributed by atoms with E-state index in [9.17, 15) is 4.79 Å². The lowest BCUT2D eigenvalue weighted by atomic mass is 10.0. The predicted molar refractivity (Wildman–Crippen MR) is 143 cm³/mol. The highest BCUT2D eigenvalue weighted by molar-refractivity contribution is 6.62. The summed E-state index contributed by atoms with van der Waals surface area (Å²) in [5.41, 5.74) is 2.44. The summed E-state index contributed by atoms with van der Waals surface area (Å²) in [6, 6.07) is 16.2. The molecule has 4 atom stereocenters. The molecule has 0 bridgehead atoms. The van der Waals surface area contributed by atoms with Crippen LogP contribution in [-0.4, -0.2) is 72.4 Å². The van der Waals surface area contributed by atoms with E-state index in [4.69, 9.17) is 34.8 Å². The minimum absolute atomic E-state index is 0.313. The zero-order valence-electron chi connectivity index (χ0n) is 19.9.